The van der Waals surface area contributed by atoms with Gasteiger partial charge in [-0.15, -0.1) is 0 Å². The van der Waals surface area contributed by atoms with E-state index in [0.29, 0.717) is 17.9 Å². The van der Waals surface area contributed by atoms with E-state index in [-0.39, 0.29) is 5.92 Å². The SMILES string of the molecule is CCC(CC)N(CCBr)C(=O)C1CCCC1C. The van der Waals surface area contributed by atoms with Crippen molar-refractivity contribution < 1.29 is 4.79 Å². The molecule has 0 aromatic rings. The number of hydrogen-bond acceptors (Lipinski definition) is 1. The van der Waals surface area contributed by atoms with E-state index in [1.807, 2.05) is 0 Å². The molecule has 0 aliphatic heterocycles. The molecule has 1 saturated carbocycles. The van der Waals surface area contributed by atoms with E-state index in [0.717, 1.165) is 31.1 Å². The summed E-state index contributed by atoms with van der Waals surface area (Å²) in [6.45, 7) is 7.45. The van der Waals surface area contributed by atoms with Crippen LogP contribution >= 0.6 is 15.9 Å². The van der Waals surface area contributed by atoms with Crippen LogP contribution in [0.15, 0.2) is 0 Å². The maximum absolute atomic E-state index is 12.6. The molecule has 0 N–H and O–H groups in total. The summed E-state index contributed by atoms with van der Waals surface area (Å²) in [4.78, 5) is 14.7. The molecule has 0 saturated heterocycles. The molecular weight excluding hydrogens is 278 g/mol. The maximum atomic E-state index is 12.6. The van der Waals surface area contributed by atoms with E-state index in [4.69, 9.17) is 0 Å². The molecule has 0 spiro atoms. The van der Waals surface area contributed by atoms with Gasteiger partial charge in [-0.25, -0.2) is 0 Å². The van der Waals surface area contributed by atoms with E-state index in [9.17, 15) is 4.79 Å². The van der Waals surface area contributed by atoms with Crippen molar-refractivity contribution in [3.8, 4) is 0 Å². The second-order valence-corrected chi connectivity index (χ2v) is 6.00. The van der Waals surface area contributed by atoms with Crippen LogP contribution in [-0.4, -0.2) is 28.7 Å². The van der Waals surface area contributed by atoms with Gasteiger partial charge in [-0.05, 0) is 31.6 Å². The zero-order chi connectivity index (χ0) is 12.8. The first-order chi connectivity index (χ1) is 8.15. The van der Waals surface area contributed by atoms with Crippen LogP contribution in [0.5, 0.6) is 0 Å². The predicted molar refractivity (Wildman–Crippen MR) is 76.4 cm³/mol. The van der Waals surface area contributed by atoms with Crippen LogP contribution in [0.3, 0.4) is 0 Å². The lowest BCUT2D eigenvalue weighted by atomic mass is 9.95. The number of rotatable bonds is 6. The third-order valence-corrected chi connectivity index (χ3v) is 4.53. The molecule has 1 aliphatic rings. The number of carbonyl (C=O) groups excluding carboxylic acids is 1. The van der Waals surface area contributed by atoms with Crippen LogP contribution < -0.4 is 0 Å². The first-order valence-electron chi connectivity index (χ1n) is 7.02. The van der Waals surface area contributed by atoms with Crippen molar-refractivity contribution in [2.75, 3.05) is 11.9 Å². The van der Waals surface area contributed by atoms with Crippen molar-refractivity contribution >= 4 is 21.8 Å². The summed E-state index contributed by atoms with van der Waals surface area (Å²) in [7, 11) is 0. The van der Waals surface area contributed by atoms with Gasteiger partial charge in [0.1, 0.15) is 0 Å². The highest BCUT2D eigenvalue weighted by molar-refractivity contribution is 9.09. The van der Waals surface area contributed by atoms with E-state index < -0.39 is 0 Å². The number of nitrogens with zero attached hydrogens (tertiary/aromatic N) is 1. The maximum Gasteiger partial charge on any atom is 0.226 e. The number of hydrogen-bond donors (Lipinski definition) is 0. The molecule has 17 heavy (non-hydrogen) atoms. The first-order valence-corrected chi connectivity index (χ1v) is 8.14. The first kappa shape index (κ1) is 15.0. The summed E-state index contributed by atoms with van der Waals surface area (Å²) in [6.07, 6.45) is 5.68. The molecule has 1 amide bonds. The van der Waals surface area contributed by atoms with Crippen molar-refractivity contribution in [2.24, 2.45) is 11.8 Å². The molecule has 1 fully saturated rings. The minimum absolute atomic E-state index is 0.287. The molecular formula is C14H26BrNO. The highest BCUT2D eigenvalue weighted by Crippen LogP contribution is 2.33. The Kier molecular flexibility index (Phi) is 6.53. The monoisotopic (exact) mass is 303 g/mol. The normalized spacial score (nSPS) is 24.3. The van der Waals surface area contributed by atoms with Gasteiger partial charge < -0.3 is 4.90 Å². The Bertz CT molecular complexity index is 240. The molecule has 0 radical (unpaired) electrons. The molecule has 0 aromatic heterocycles. The Morgan fingerprint density at radius 1 is 1.35 bits per heavy atom. The van der Waals surface area contributed by atoms with Crippen LogP contribution in [-0.2, 0) is 4.79 Å². The number of amides is 1. The van der Waals surface area contributed by atoms with Gasteiger partial charge in [0, 0.05) is 23.8 Å². The Morgan fingerprint density at radius 2 is 2.00 bits per heavy atom. The van der Waals surface area contributed by atoms with Gasteiger partial charge in [-0.2, -0.15) is 0 Å². The third-order valence-electron chi connectivity index (χ3n) is 4.17. The molecule has 2 unspecified atom stereocenters. The van der Waals surface area contributed by atoms with Gasteiger partial charge in [0.15, 0.2) is 0 Å². The molecule has 0 aromatic carbocycles. The fraction of sp³-hybridized carbons (Fsp3) is 0.929. The van der Waals surface area contributed by atoms with Crippen LogP contribution in [0.4, 0.5) is 0 Å². The minimum Gasteiger partial charge on any atom is -0.339 e. The van der Waals surface area contributed by atoms with E-state index >= 15 is 0 Å². The van der Waals surface area contributed by atoms with Crippen molar-refractivity contribution in [2.45, 2.75) is 58.9 Å². The highest BCUT2D eigenvalue weighted by atomic mass is 79.9. The Morgan fingerprint density at radius 3 is 2.41 bits per heavy atom. The van der Waals surface area contributed by atoms with E-state index in [1.165, 1.54) is 12.8 Å². The average molecular weight is 304 g/mol. The quantitative estimate of drug-likeness (QED) is 0.683. The summed E-state index contributed by atoms with van der Waals surface area (Å²) in [6, 6.07) is 0.424. The van der Waals surface area contributed by atoms with Crippen LogP contribution in [0.1, 0.15) is 52.9 Å². The number of halogens is 1. The Labute approximate surface area is 114 Å². The highest BCUT2D eigenvalue weighted by Gasteiger charge is 2.34. The summed E-state index contributed by atoms with van der Waals surface area (Å²) in [5, 5.41) is 0.885. The molecule has 1 aliphatic carbocycles. The number of alkyl halides is 1. The predicted octanol–water partition coefficient (Wildman–Crippen LogP) is 3.83. The zero-order valence-electron chi connectivity index (χ0n) is 11.4. The lowest BCUT2D eigenvalue weighted by Crippen LogP contribution is -2.44. The van der Waals surface area contributed by atoms with Crippen molar-refractivity contribution in [1.82, 2.24) is 4.90 Å². The lowest BCUT2D eigenvalue weighted by molar-refractivity contribution is -0.138. The van der Waals surface area contributed by atoms with Crippen LogP contribution in [0.25, 0.3) is 0 Å². The molecule has 2 nitrogen and oxygen atoms in total. The second-order valence-electron chi connectivity index (χ2n) is 5.21. The van der Waals surface area contributed by atoms with Crippen LogP contribution in [0.2, 0.25) is 0 Å². The Balaban J connectivity index is 2.71. The van der Waals surface area contributed by atoms with Gasteiger partial charge in [-0.1, -0.05) is 43.1 Å². The molecule has 0 bridgehead atoms. The van der Waals surface area contributed by atoms with Gasteiger partial charge >= 0.3 is 0 Å². The zero-order valence-corrected chi connectivity index (χ0v) is 13.0. The fourth-order valence-electron chi connectivity index (χ4n) is 3.02. The fourth-order valence-corrected chi connectivity index (χ4v) is 3.40. The summed E-state index contributed by atoms with van der Waals surface area (Å²) >= 11 is 3.47. The molecule has 3 heteroatoms. The molecule has 0 heterocycles. The Hall–Kier alpha value is -0.0500. The minimum atomic E-state index is 0.287. The van der Waals surface area contributed by atoms with E-state index in [1.54, 1.807) is 0 Å². The lowest BCUT2D eigenvalue weighted by Gasteiger charge is -2.33. The van der Waals surface area contributed by atoms with Gasteiger partial charge in [0.05, 0.1) is 0 Å². The van der Waals surface area contributed by atoms with Gasteiger partial charge in [-0.3, -0.25) is 4.79 Å². The van der Waals surface area contributed by atoms with Gasteiger partial charge in [0.2, 0.25) is 5.91 Å². The summed E-state index contributed by atoms with van der Waals surface area (Å²) < 4.78 is 0. The third kappa shape index (κ3) is 3.70. The second kappa shape index (κ2) is 7.40. The van der Waals surface area contributed by atoms with Crippen molar-refractivity contribution in [1.29, 1.82) is 0 Å². The topological polar surface area (TPSA) is 20.3 Å². The molecule has 2 atom stereocenters. The van der Waals surface area contributed by atoms with Crippen LogP contribution in [0, 0.1) is 11.8 Å². The summed E-state index contributed by atoms with van der Waals surface area (Å²) in [5.41, 5.74) is 0. The standard InChI is InChI=1S/C14H26BrNO/c1-4-12(5-2)16(10-9-15)14(17)13-8-6-7-11(13)3/h11-13H,4-10H2,1-3H3. The number of carbonyl (C=O) groups is 1. The van der Waals surface area contributed by atoms with Gasteiger partial charge in [0.25, 0.3) is 0 Å². The smallest absolute Gasteiger partial charge is 0.226 e. The molecule has 1 rings (SSSR count). The molecule has 100 valence electrons. The average Bonchev–Trinajstić information content (AvgIpc) is 2.75. The van der Waals surface area contributed by atoms with Crippen molar-refractivity contribution in [3.63, 3.8) is 0 Å². The summed E-state index contributed by atoms with van der Waals surface area (Å²) in [5.74, 6) is 1.27. The van der Waals surface area contributed by atoms with E-state index in [2.05, 4.69) is 41.6 Å². The van der Waals surface area contributed by atoms with Crippen molar-refractivity contribution in [3.05, 3.63) is 0 Å². The largest absolute Gasteiger partial charge is 0.339 e.